The molecule has 0 aromatic heterocycles. The fourth-order valence-electron chi connectivity index (χ4n) is 2.18. The van der Waals surface area contributed by atoms with E-state index in [4.69, 9.17) is 5.11 Å². The van der Waals surface area contributed by atoms with Gasteiger partial charge in [0, 0.05) is 18.7 Å². The number of urea groups is 1. The Morgan fingerprint density at radius 3 is 2.81 bits per heavy atom. The molecule has 9 heteroatoms. The van der Waals surface area contributed by atoms with Crippen molar-refractivity contribution in [3.63, 3.8) is 0 Å². The Hall–Kier alpha value is -2.71. The molecule has 1 saturated heterocycles. The number of nitrogens with one attached hydrogen (secondary N) is 1. The van der Waals surface area contributed by atoms with Gasteiger partial charge in [-0.2, -0.15) is 0 Å². The number of carboxylic acid groups (broad SMARTS) is 1. The molecule has 21 heavy (non-hydrogen) atoms. The Balaban J connectivity index is 2.18. The number of hydrogen-bond donors (Lipinski definition) is 2. The summed E-state index contributed by atoms with van der Waals surface area (Å²) in [4.78, 5) is 34.0. The van der Waals surface area contributed by atoms with E-state index >= 15 is 0 Å². The Morgan fingerprint density at radius 1 is 1.48 bits per heavy atom. The minimum atomic E-state index is -1.14. The average molecular weight is 297 g/mol. The highest BCUT2D eigenvalue weighted by Gasteiger charge is 2.34. The molecule has 112 valence electrons. The van der Waals surface area contributed by atoms with Crippen LogP contribution in [0.25, 0.3) is 0 Å². The van der Waals surface area contributed by atoms with Gasteiger partial charge in [0.2, 0.25) is 0 Å². The number of hydrogen-bond acceptors (Lipinski definition) is 4. The fraction of sp³-hybridized carbons (Fsp3) is 0.333. The van der Waals surface area contributed by atoms with Gasteiger partial charge in [0.1, 0.15) is 11.9 Å². The van der Waals surface area contributed by atoms with Gasteiger partial charge in [-0.15, -0.1) is 0 Å². The van der Waals surface area contributed by atoms with Gasteiger partial charge in [-0.25, -0.2) is 14.0 Å². The van der Waals surface area contributed by atoms with Crippen LogP contribution in [0.3, 0.4) is 0 Å². The predicted octanol–water partition coefficient (Wildman–Crippen LogP) is 1.81. The van der Waals surface area contributed by atoms with Crippen LogP contribution >= 0.6 is 0 Å². The van der Waals surface area contributed by atoms with Crippen molar-refractivity contribution in [2.75, 3.05) is 11.9 Å². The molecule has 0 bridgehead atoms. The van der Waals surface area contributed by atoms with Gasteiger partial charge in [-0.05, 0) is 18.9 Å². The molecule has 1 heterocycles. The summed E-state index contributed by atoms with van der Waals surface area (Å²) in [5, 5.41) is 21.8. The van der Waals surface area contributed by atoms with Crippen LogP contribution in [0.4, 0.5) is 20.6 Å². The molecule has 1 aliphatic rings. The summed E-state index contributed by atoms with van der Waals surface area (Å²) in [6.45, 7) is 0.235. The third-order valence-corrected chi connectivity index (χ3v) is 3.20. The number of nitrogens with zero attached hydrogens (tertiary/aromatic N) is 2. The number of carbonyl (C=O) groups is 2. The van der Waals surface area contributed by atoms with Crippen molar-refractivity contribution in [2.45, 2.75) is 18.9 Å². The summed E-state index contributed by atoms with van der Waals surface area (Å²) in [6, 6.07) is 0.970. The summed E-state index contributed by atoms with van der Waals surface area (Å²) in [5.41, 5.74) is -0.729. The van der Waals surface area contributed by atoms with Gasteiger partial charge >= 0.3 is 12.0 Å². The van der Waals surface area contributed by atoms with E-state index in [2.05, 4.69) is 5.32 Å². The zero-order valence-electron chi connectivity index (χ0n) is 10.8. The number of aliphatic carboxylic acids is 1. The van der Waals surface area contributed by atoms with Crippen molar-refractivity contribution in [1.29, 1.82) is 0 Å². The lowest BCUT2D eigenvalue weighted by Gasteiger charge is -2.21. The van der Waals surface area contributed by atoms with Crippen molar-refractivity contribution in [2.24, 2.45) is 0 Å². The molecule has 1 aromatic carbocycles. The first kappa shape index (κ1) is 14.7. The van der Waals surface area contributed by atoms with E-state index in [0.717, 1.165) is 23.1 Å². The van der Waals surface area contributed by atoms with Crippen LogP contribution in [0, 0.1) is 15.9 Å². The third-order valence-electron chi connectivity index (χ3n) is 3.20. The largest absolute Gasteiger partial charge is 0.480 e. The number of nitro groups is 1. The van der Waals surface area contributed by atoms with Gasteiger partial charge in [-0.1, -0.05) is 0 Å². The van der Waals surface area contributed by atoms with E-state index in [1.807, 2.05) is 0 Å². The van der Waals surface area contributed by atoms with E-state index in [1.165, 1.54) is 0 Å². The Labute approximate surface area is 118 Å². The molecular weight excluding hydrogens is 285 g/mol. The molecule has 2 N–H and O–H groups in total. The highest BCUT2D eigenvalue weighted by molar-refractivity contribution is 5.93. The van der Waals surface area contributed by atoms with E-state index in [1.54, 1.807) is 0 Å². The predicted molar refractivity (Wildman–Crippen MR) is 69.4 cm³/mol. The molecular formula is C12H12FN3O5. The molecule has 0 aliphatic carbocycles. The first-order chi connectivity index (χ1) is 9.90. The molecule has 2 rings (SSSR count). The number of nitro benzene ring substituents is 1. The third kappa shape index (κ3) is 3.07. The van der Waals surface area contributed by atoms with Gasteiger partial charge in [0.15, 0.2) is 0 Å². The smallest absolute Gasteiger partial charge is 0.326 e. The maximum absolute atomic E-state index is 13.6. The van der Waals surface area contributed by atoms with Crippen LogP contribution in [0.5, 0.6) is 0 Å². The van der Waals surface area contributed by atoms with Crippen LogP contribution < -0.4 is 5.32 Å². The molecule has 8 nitrogen and oxygen atoms in total. The number of amides is 2. The van der Waals surface area contributed by atoms with Gasteiger partial charge in [0.05, 0.1) is 10.6 Å². The molecule has 1 aromatic rings. The number of halogens is 1. The molecule has 2 amide bonds. The number of carbonyl (C=O) groups excluding carboxylic acids is 1. The Kier molecular flexibility index (Phi) is 4.01. The van der Waals surface area contributed by atoms with Crippen LogP contribution in [0.1, 0.15) is 12.8 Å². The van der Waals surface area contributed by atoms with Gasteiger partial charge in [-0.3, -0.25) is 10.1 Å². The van der Waals surface area contributed by atoms with Crippen LogP contribution in [-0.2, 0) is 4.79 Å². The number of anilines is 1. The quantitative estimate of drug-likeness (QED) is 0.652. The Morgan fingerprint density at radius 2 is 2.19 bits per heavy atom. The normalized spacial score (nSPS) is 17.6. The minimum Gasteiger partial charge on any atom is -0.480 e. The number of benzene rings is 1. The first-order valence-corrected chi connectivity index (χ1v) is 6.14. The van der Waals surface area contributed by atoms with Crippen molar-refractivity contribution in [1.82, 2.24) is 4.90 Å². The first-order valence-electron chi connectivity index (χ1n) is 6.14. The zero-order valence-corrected chi connectivity index (χ0v) is 10.8. The standard InChI is InChI=1S/C12H12FN3O5/c13-8-4-3-7(16(20)21)6-9(8)14-12(19)15-5-1-2-10(15)11(17)18/h3-4,6,10H,1-2,5H2,(H,14,19)(H,17,18)/t10-/m0/s1. The highest BCUT2D eigenvalue weighted by atomic mass is 19.1. The molecule has 1 atom stereocenters. The lowest BCUT2D eigenvalue weighted by molar-refractivity contribution is -0.384. The van der Waals surface area contributed by atoms with E-state index in [9.17, 15) is 24.1 Å². The second-order valence-electron chi connectivity index (χ2n) is 4.54. The van der Waals surface area contributed by atoms with Crippen LogP contribution in [0.2, 0.25) is 0 Å². The molecule has 0 radical (unpaired) electrons. The summed E-state index contributed by atoms with van der Waals surface area (Å²) >= 11 is 0. The maximum Gasteiger partial charge on any atom is 0.326 e. The number of likely N-dealkylation sites (tertiary alicyclic amines) is 1. The minimum absolute atomic E-state index is 0.235. The van der Waals surface area contributed by atoms with Crippen LogP contribution in [0.15, 0.2) is 18.2 Å². The topological polar surface area (TPSA) is 113 Å². The molecule has 0 spiro atoms. The number of non-ortho nitro benzene ring substituents is 1. The van der Waals surface area contributed by atoms with E-state index in [0.29, 0.717) is 12.8 Å². The summed E-state index contributed by atoms with van der Waals surface area (Å²) < 4.78 is 13.6. The summed E-state index contributed by atoms with van der Waals surface area (Å²) in [5.74, 6) is -1.97. The maximum atomic E-state index is 13.6. The molecule has 0 unspecified atom stereocenters. The lowest BCUT2D eigenvalue weighted by atomic mass is 10.2. The number of carboxylic acids is 1. The monoisotopic (exact) mass is 297 g/mol. The lowest BCUT2D eigenvalue weighted by Crippen LogP contribution is -2.42. The van der Waals surface area contributed by atoms with Gasteiger partial charge < -0.3 is 15.3 Å². The highest BCUT2D eigenvalue weighted by Crippen LogP contribution is 2.23. The summed E-state index contributed by atoms with van der Waals surface area (Å²) in [7, 11) is 0. The molecule has 1 aliphatic heterocycles. The van der Waals surface area contributed by atoms with Crippen molar-refractivity contribution in [3.8, 4) is 0 Å². The second-order valence-corrected chi connectivity index (χ2v) is 4.54. The van der Waals surface area contributed by atoms with Crippen molar-refractivity contribution >= 4 is 23.4 Å². The average Bonchev–Trinajstić information content (AvgIpc) is 2.90. The summed E-state index contributed by atoms with van der Waals surface area (Å²) in [6.07, 6.45) is 0.849. The fourth-order valence-corrected chi connectivity index (χ4v) is 2.18. The number of rotatable bonds is 3. The van der Waals surface area contributed by atoms with E-state index < -0.39 is 28.8 Å². The molecule has 1 fully saturated rings. The van der Waals surface area contributed by atoms with Gasteiger partial charge in [0.25, 0.3) is 5.69 Å². The Bertz CT molecular complexity index is 607. The zero-order chi connectivity index (χ0) is 15.6. The van der Waals surface area contributed by atoms with Crippen molar-refractivity contribution < 1.29 is 24.0 Å². The van der Waals surface area contributed by atoms with Crippen molar-refractivity contribution in [3.05, 3.63) is 34.1 Å². The SMILES string of the molecule is O=C(O)[C@@H]1CCCN1C(=O)Nc1cc([N+](=O)[O-])ccc1F. The van der Waals surface area contributed by atoms with E-state index in [-0.39, 0.29) is 17.9 Å². The van der Waals surface area contributed by atoms with Crippen LogP contribution in [-0.4, -0.2) is 39.5 Å². The second kappa shape index (κ2) is 5.73. The molecule has 0 saturated carbocycles.